The highest BCUT2D eigenvalue weighted by molar-refractivity contribution is 9.10. The van der Waals surface area contributed by atoms with Crippen LogP contribution in [0.25, 0.3) is 0 Å². The maximum absolute atomic E-state index is 11.6. The van der Waals surface area contributed by atoms with Crippen LogP contribution in [0.1, 0.15) is 44.0 Å². The van der Waals surface area contributed by atoms with Gasteiger partial charge in [-0.1, -0.05) is 6.92 Å². The Morgan fingerprint density at radius 2 is 2.42 bits per heavy atom. The highest BCUT2D eigenvalue weighted by Gasteiger charge is 2.42. The number of carbonyl (C=O) groups is 1. The molecule has 0 saturated carbocycles. The fourth-order valence-electron chi connectivity index (χ4n) is 2.84. The molecule has 3 nitrogen and oxygen atoms in total. The van der Waals surface area contributed by atoms with Gasteiger partial charge in [0.1, 0.15) is 0 Å². The molecule has 1 aliphatic rings. The van der Waals surface area contributed by atoms with E-state index >= 15 is 0 Å². The fraction of sp³-hybridized carbons (Fsp3) is 0.643. The minimum atomic E-state index is -0.640. The third kappa shape index (κ3) is 3.03. The number of hydrogen-bond acceptors (Lipinski definition) is 3. The summed E-state index contributed by atoms with van der Waals surface area (Å²) in [5, 5.41) is 11.6. The van der Waals surface area contributed by atoms with Crippen molar-refractivity contribution in [2.75, 3.05) is 13.1 Å². The summed E-state index contributed by atoms with van der Waals surface area (Å²) in [4.78, 5) is 15.2. The number of carboxylic acids is 1. The number of thiophene rings is 1. The van der Waals surface area contributed by atoms with Crippen molar-refractivity contribution >= 4 is 33.2 Å². The third-order valence-corrected chi connectivity index (χ3v) is 6.15. The van der Waals surface area contributed by atoms with E-state index in [0.717, 1.165) is 23.9 Å². The summed E-state index contributed by atoms with van der Waals surface area (Å²) in [6.45, 7) is 5.82. The zero-order valence-electron chi connectivity index (χ0n) is 11.4. The summed E-state index contributed by atoms with van der Waals surface area (Å²) >= 11 is 5.21. The first kappa shape index (κ1) is 15.0. The Labute approximate surface area is 126 Å². The molecule has 2 heterocycles. The molecule has 0 aromatic carbocycles. The van der Waals surface area contributed by atoms with Crippen molar-refractivity contribution in [2.24, 2.45) is 5.41 Å². The number of halogens is 1. The number of rotatable bonds is 4. The van der Waals surface area contributed by atoms with Crippen LogP contribution in [0.4, 0.5) is 0 Å². The molecule has 5 heteroatoms. The van der Waals surface area contributed by atoms with E-state index in [4.69, 9.17) is 0 Å². The van der Waals surface area contributed by atoms with Gasteiger partial charge in [-0.3, -0.25) is 9.69 Å². The van der Waals surface area contributed by atoms with Crippen molar-refractivity contribution in [1.82, 2.24) is 4.90 Å². The molecule has 1 aliphatic heterocycles. The Morgan fingerprint density at radius 1 is 1.68 bits per heavy atom. The van der Waals surface area contributed by atoms with Gasteiger partial charge in [-0.2, -0.15) is 0 Å². The van der Waals surface area contributed by atoms with Gasteiger partial charge in [0, 0.05) is 27.3 Å². The summed E-state index contributed by atoms with van der Waals surface area (Å²) < 4.78 is 1.11. The molecule has 19 heavy (non-hydrogen) atoms. The van der Waals surface area contributed by atoms with Crippen LogP contribution in [0.5, 0.6) is 0 Å². The molecule has 0 spiro atoms. The zero-order chi connectivity index (χ0) is 14.0. The van der Waals surface area contributed by atoms with E-state index in [1.54, 1.807) is 11.3 Å². The van der Waals surface area contributed by atoms with Crippen molar-refractivity contribution in [2.45, 2.75) is 39.2 Å². The standard InChI is InChI=1S/C14H20BrNO2S/c1-3-14(13(17)18)5-4-6-16(9-14)10(2)12-7-11(15)8-19-12/h7-8,10H,3-6,9H2,1-2H3,(H,17,18). The lowest BCUT2D eigenvalue weighted by Crippen LogP contribution is -2.48. The van der Waals surface area contributed by atoms with Gasteiger partial charge in [0.05, 0.1) is 5.41 Å². The minimum absolute atomic E-state index is 0.293. The van der Waals surface area contributed by atoms with Crippen LogP contribution in [0.2, 0.25) is 0 Å². The zero-order valence-corrected chi connectivity index (χ0v) is 13.8. The first-order chi connectivity index (χ1) is 8.98. The minimum Gasteiger partial charge on any atom is -0.481 e. The second kappa shape index (κ2) is 5.94. The second-order valence-corrected chi connectivity index (χ2v) is 7.21. The van der Waals surface area contributed by atoms with Gasteiger partial charge in [-0.05, 0) is 54.7 Å². The second-order valence-electron chi connectivity index (χ2n) is 5.36. The molecule has 0 radical (unpaired) electrons. The molecular formula is C14H20BrNO2S. The molecule has 0 amide bonds. The average molecular weight is 346 g/mol. The number of aliphatic carboxylic acids is 1. The van der Waals surface area contributed by atoms with Crippen LogP contribution < -0.4 is 0 Å². The molecule has 1 saturated heterocycles. The van der Waals surface area contributed by atoms with Crippen molar-refractivity contribution in [3.63, 3.8) is 0 Å². The summed E-state index contributed by atoms with van der Waals surface area (Å²) in [6, 6.07) is 2.43. The molecule has 0 aliphatic carbocycles. The fourth-order valence-corrected chi connectivity index (χ4v) is 4.38. The van der Waals surface area contributed by atoms with Crippen molar-refractivity contribution in [3.8, 4) is 0 Å². The monoisotopic (exact) mass is 345 g/mol. The topological polar surface area (TPSA) is 40.5 Å². The molecule has 0 bridgehead atoms. The van der Waals surface area contributed by atoms with Crippen LogP contribution in [0, 0.1) is 5.41 Å². The highest BCUT2D eigenvalue weighted by Crippen LogP contribution is 2.38. The molecular weight excluding hydrogens is 326 g/mol. The van der Waals surface area contributed by atoms with Gasteiger partial charge >= 0.3 is 5.97 Å². The van der Waals surface area contributed by atoms with Crippen LogP contribution in [0.3, 0.4) is 0 Å². The van der Waals surface area contributed by atoms with Crippen molar-refractivity contribution < 1.29 is 9.90 Å². The van der Waals surface area contributed by atoms with E-state index in [0.29, 0.717) is 19.0 Å². The summed E-state index contributed by atoms with van der Waals surface area (Å²) in [5.41, 5.74) is -0.555. The van der Waals surface area contributed by atoms with Crippen molar-refractivity contribution in [1.29, 1.82) is 0 Å². The van der Waals surface area contributed by atoms with Crippen molar-refractivity contribution in [3.05, 3.63) is 20.8 Å². The maximum Gasteiger partial charge on any atom is 0.310 e. The van der Waals surface area contributed by atoms with Gasteiger partial charge in [0.25, 0.3) is 0 Å². The number of hydrogen-bond donors (Lipinski definition) is 1. The number of piperidine rings is 1. The van der Waals surface area contributed by atoms with E-state index in [1.807, 2.05) is 6.92 Å². The molecule has 106 valence electrons. The normalized spacial score (nSPS) is 26.3. The van der Waals surface area contributed by atoms with E-state index in [-0.39, 0.29) is 0 Å². The predicted molar refractivity (Wildman–Crippen MR) is 81.6 cm³/mol. The third-order valence-electron chi connectivity index (χ3n) is 4.28. The van der Waals surface area contributed by atoms with Crippen LogP contribution >= 0.6 is 27.3 Å². The van der Waals surface area contributed by atoms with E-state index in [1.165, 1.54) is 4.88 Å². The Balaban J connectivity index is 2.15. The predicted octanol–water partition coefficient (Wildman–Crippen LogP) is 4.15. The number of carboxylic acid groups (broad SMARTS) is 1. The molecule has 2 atom stereocenters. The molecule has 1 N–H and O–H groups in total. The van der Waals surface area contributed by atoms with Gasteiger partial charge in [0.2, 0.25) is 0 Å². The maximum atomic E-state index is 11.6. The molecule has 2 rings (SSSR count). The molecule has 2 unspecified atom stereocenters. The largest absolute Gasteiger partial charge is 0.481 e. The van der Waals surface area contributed by atoms with Gasteiger partial charge < -0.3 is 5.11 Å². The smallest absolute Gasteiger partial charge is 0.310 e. The number of nitrogens with zero attached hydrogens (tertiary/aromatic N) is 1. The molecule has 1 aromatic heterocycles. The lowest BCUT2D eigenvalue weighted by atomic mass is 9.77. The summed E-state index contributed by atoms with van der Waals surface area (Å²) in [5.74, 6) is -0.640. The number of likely N-dealkylation sites (tertiary alicyclic amines) is 1. The van der Waals surface area contributed by atoms with Gasteiger partial charge in [0.15, 0.2) is 0 Å². The summed E-state index contributed by atoms with van der Waals surface area (Å²) in [7, 11) is 0. The molecule has 1 fully saturated rings. The Hall–Kier alpha value is -0.390. The average Bonchev–Trinajstić information content (AvgIpc) is 2.84. The first-order valence-corrected chi connectivity index (χ1v) is 8.37. The quantitative estimate of drug-likeness (QED) is 0.890. The van der Waals surface area contributed by atoms with Crippen LogP contribution in [-0.2, 0) is 4.79 Å². The Kier molecular flexibility index (Phi) is 4.69. The summed E-state index contributed by atoms with van der Waals surface area (Å²) in [6.07, 6.45) is 2.48. The van der Waals surface area contributed by atoms with E-state index < -0.39 is 11.4 Å². The Bertz CT molecular complexity index is 462. The lowest BCUT2D eigenvalue weighted by molar-refractivity contribution is -0.153. The highest BCUT2D eigenvalue weighted by atomic mass is 79.9. The van der Waals surface area contributed by atoms with Crippen LogP contribution in [0.15, 0.2) is 15.9 Å². The molecule has 1 aromatic rings. The van der Waals surface area contributed by atoms with Gasteiger partial charge in [-0.25, -0.2) is 0 Å². The Morgan fingerprint density at radius 3 is 2.95 bits per heavy atom. The van der Waals surface area contributed by atoms with E-state index in [9.17, 15) is 9.90 Å². The lowest BCUT2D eigenvalue weighted by Gasteiger charge is -2.42. The van der Waals surface area contributed by atoms with E-state index in [2.05, 4.69) is 39.2 Å². The SMILES string of the molecule is CCC1(C(=O)O)CCCN(C(C)c2cc(Br)cs2)C1. The first-order valence-electron chi connectivity index (χ1n) is 6.70. The van der Waals surface area contributed by atoms with Crippen LogP contribution in [-0.4, -0.2) is 29.1 Å². The van der Waals surface area contributed by atoms with Gasteiger partial charge in [-0.15, -0.1) is 11.3 Å².